The molecule has 0 spiro atoms. The summed E-state index contributed by atoms with van der Waals surface area (Å²) in [6, 6.07) is 7.46. The van der Waals surface area contributed by atoms with E-state index in [1.54, 1.807) is 6.26 Å². The lowest BCUT2D eigenvalue weighted by Gasteiger charge is -2.24. The quantitative estimate of drug-likeness (QED) is 0.786. The number of aryl methyl sites for hydroxylation is 1. The summed E-state index contributed by atoms with van der Waals surface area (Å²) in [5, 5.41) is 0. The smallest absolute Gasteiger partial charge is 0.196 e. The van der Waals surface area contributed by atoms with E-state index in [2.05, 4.69) is 13.8 Å². The molecule has 1 heterocycles. The van der Waals surface area contributed by atoms with Crippen LogP contribution < -0.4 is 0 Å². The van der Waals surface area contributed by atoms with Crippen molar-refractivity contribution in [3.63, 3.8) is 0 Å². The Hall–Kier alpha value is -2.16. The van der Waals surface area contributed by atoms with Crippen molar-refractivity contribution in [3.8, 4) is 0 Å². The zero-order valence-electron chi connectivity index (χ0n) is 14.1. The number of carbonyl (C=O) groups excluding carboxylic acids is 2. The van der Waals surface area contributed by atoms with E-state index >= 15 is 0 Å². The first kappa shape index (κ1) is 15.7. The van der Waals surface area contributed by atoms with E-state index in [0.717, 1.165) is 17.5 Å². The fourth-order valence-corrected chi connectivity index (χ4v) is 3.75. The van der Waals surface area contributed by atoms with Crippen LogP contribution in [0.4, 0.5) is 0 Å². The number of rotatable bonds is 3. The van der Waals surface area contributed by atoms with Gasteiger partial charge >= 0.3 is 0 Å². The van der Waals surface area contributed by atoms with Gasteiger partial charge in [-0.05, 0) is 25.7 Å². The summed E-state index contributed by atoms with van der Waals surface area (Å²) < 4.78 is 5.33. The first-order chi connectivity index (χ1) is 10.7. The molecule has 1 saturated carbocycles. The fraction of sp³-hybridized carbons (Fsp3) is 0.400. The molecule has 1 aromatic carbocycles. The number of furan rings is 1. The maximum Gasteiger partial charge on any atom is 0.196 e. The second kappa shape index (κ2) is 5.19. The molecule has 1 fully saturated rings. The third-order valence-corrected chi connectivity index (χ3v) is 4.90. The predicted molar refractivity (Wildman–Crippen MR) is 88.7 cm³/mol. The van der Waals surface area contributed by atoms with Gasteiger partial charge in [0.05, 0.1) is 17.2 Å². The second-order valence-corrected chi connectivity index (χ2v) is 7.67. The molecule has 3 nitrogen and oxygen atoms in total. The second-order valence-electron chi connectivity index (χ2n) is 7.67. The molecule has 0 aliphatic heterocycles. The summed E-state index contributed by atoms with van der Waals surface area (Å²) in [5.41, 5.74) is 2.25. The molecule has 1 aliphatic rings. The van der Waals surface area contributed by atoms with E-state index in [4.69, 9.17) is 4.42 Å². The number of ketones is 2. The van der Waals surface area contributed by atoms with E-state index in [1.165, 1.54) is 6.26 Å². The van der Waals surface area contributed by atoms with Crippen LogP contribution in [0.3, 0.4) is 0 Å². The first-order valence-electron chi connectivity index (χ1n) is 7.94. The van der Waals surface area contributed by atoms with Gasteiger partial charge in [-0.3, -0.25) is 9.59 Å². The van der Waals surface area contributed by atoms with Crippen molar-refractivity contribution < 1.29 is 14.0 Å². The topological polar surface area (TPSA) is 47.3 Å². The minimum Gasteiger partial charge on any atom is -0.472 e. The van der Waals surface area contributed by atoms with Crippen molar-refractivity contribution in [2.45, 2.75) is 46.0 Å². The number of carbonyl (C=O) groups is 2. The van der Waals surface area contributed by atoms with E-state index in [-0.39, 0.29) is 17.0 Å². The summed E-state index contributed by atoms with van der Waals surface area (Å²) >= 11 is 0. The van der Waals surface area contributed by atoms with Crippen LogP contribution in [0.25, 0.3) is 0 Å². The summed E-state index contributed by atoms with van der Waals surface area (Å²) in [5.74, 6) is 0.0920. The summed E-state index contributed by atoms with van der Waals surface area (Å²) in [7, 11) is 0. The first-order valence-corrected chi connectivity index (χ1v) is 7.94. The molecule has 1 unspecified atom stereocenters. The highest BCUT2D eigenvalue weighted by atomic mass is 16.3. The molecule has 3 rings (SSSR count). The highest BCUT2D eigenvalue weighted by Gasteiger charge is 2.50. The zero-order chi connectivity index (χ0) is 16.8. The Morgan fingerprint density at radius 1 is 1.09 bits per heavy atom. The molecule has 0 saturated heterocycles. The van der Waals surface area contributed by atoms with Crippen molar-refractivity contribution in [2.24, 2.45) is 5.41 Å². The molecule has 120 valence electrons. The molecule has 2 aromatic rings. The van der Waals surface area contributed by atoms with Gasteiger partial charge in [-0.25, -0.2) is 0 Å². The van der Waals surface area contributed by atoms with Gasteiger partial charge in [-0.2, -0.15) is 0 Å². The normalized spacial score (nSPS) is 23.2. The average molecular weight is 310 g/mol. The molecular formula is C20H22O3. The van der Waals surface area contributed by atoms with Crippen LogP contribution >= 0.6 is 0 Å². The molecule has 0 amide bonds. The summed E-state index contributed by atoms with van der Waals surface area (Å²) in [6.07, 6.45) is 4.31. The van der Waals surface area contributed by atoms with E-state index in [0.29, 0.717) is 17.5 Å². The maximum absolute atomic E-state index is 12.8. The molecule has 1 atom stereocenters. The lowest BCUT2D eigenvalue weighted by atomic mass is 9.76. The van der Waals surface area contributed by atoms with Gasteiger partial charge in [0.15, 0.2) is 5.78 Å². The largest absolute Gasteiger partial charge is 0.472 e. The van der Waals surface area contributed by atoms with Crippen molar-refractivity contribution in [3.05, 3.63) is 59.0 Å². The molecule has 0 radical (unpaired) electrons. The Morgan fingerprint density at radius 2 is 1.74 bits per heavy atom. The maximum atomic E-state index is 12.8. The molecular weight excluding hydrogens is 288 g/mol. The monoisotopic (exact) mass is 310 g/mol. The average Bonchev–Trinajstić information content (AvgIpc) is 3.03. The van der Waals surface area contributed by atoms with Crippen molar-refractivity contribution in [2.75, 3.05) is 0 Å². The van der Waals surface area contributed by atoms with Crippen LogP contribution in [0, 0.1) is 12.3 Å². The SMILES string of the molecule is Cc1ccc(C(=O)c2cocc2C2(C)CC(C)(C)CC2=O)cc1. The van der Waals surface area contributed by atoms with E-state index in [1.807, 2.05) is 38.1 Å². The summed E-state index contributed by atoms with van der Waals surface area (Å²) in [4.78, 5) is 25.4. The van der Waals surface area contributed by atoms with Gasteiger partial charge in [-0.1, -0.05) is 43.7 Å². The lowest BCUT2D eigenvalue weighted by molar-refractivity contribution is -0.121. The molecule has 0 bridgehead atoms. The molecule has 1 aromatic heterocycles. The zero-order valence-corrected chi connectivity index (χ0v) is 14.1. The molecule has 3 heteroatoms. The van der Waals surface area contributed by atoms with Gasteiger partial charge in [-0.15, -0.1) is 0 Å². The third kappa shape index (κ3) is 2.65. The lowest BCUT2D eigenvalue weighted by Crippen LogP contribution is -2.28. The van der Waals surface area contributed by atoms with Gasteiger partial charge in [0, 0.05) is 17.5 Å². The Labute approximate surface area is 136 Å². The van der Waals surface area contributed by atoms with Crippen LogP contribution in [-0.2, 0) is 10.2 Å². The van der Waals surface area contributed by atoms with Crippen LogP contribution in [0.2, 0.25) is 0 Å². The third-order valence-electron chi connectivity index (χ3n) is 4.90. The van der Waals surface area contributed by atoms with Gasteiger partial charge < -0.3 is 4.42 Å². The Morgan fingerprint density at radius 3 is 2.30 bits per heavy atom. The molecule has 23 heavy (non-hydrogen) atoms. The van der Waals surface area contributed by atoms with Gasteiger partial charge in [0.2, 0.25) is 0 Å². The predicted octanol–water partition coefficient (Wildman–Crippen LogP) is 4.47. The molecule has 1 aliphatic carbocycles. The number of benzene rings is 1. The van der Waals surface area contributed by atoms with Crippen LogP contribution in [0.15, 0.2) is 41.2 Å². The Bertz CT molecular complexity index is 764. The van der Waals surface area contributed by atoms with Crippen LogP contribution in [0.5, 0.6) is 0 Å². The van der Waals surface area contributed by atoms with Crippen molar-refractivity contribution in [1.82, 2.24) is 0 Å². The van der Waals surface area contributed by atoms with E-state index < -0.39 is 5.41 Å². The fourth-order valence-electron chi connectivity index (χ4n) is 3.75. The van der Waals surface area contributed by atoms with Crippen LogP contribution in [0.1, 0.15) is 60.7 Å². The minimum absolute atomic E-state index is 0.0483. The number of hydrogen-bond donors (Lipinski definition) is 0. The highest BCUT2D eigenvalue weighted by Crippen LogP contribution is 2.49. The Kier molecular flexibility index (Phi) is 3.55. The van der Waals surface area contributed by atoms with Crippen molar-refractivity contribution in [1.29, 1.82) is 0 Å². The van der Waals surface area contributed by atoms with Crippen LogP contribution in [-0.4, -0.2) is 11.6 Å². The van der Waals surface area contributed by atoms with Gasteiger partial charge in [0.25, 0.3) is 0 Å². The molecule has 0 N–H and O–H groups in total. The van der Waals surface area contributed by atoms with E-state index in [9.17, 15) is 9.59 Å². The summed E-state index contributed by atoms with van der Waals surface area (Å²) in [6.45, 7) is 8.11. The standard InChI is InChI=1S/C20H22O3/c1-13-5-7-14(8-6-13)18(22)15-10-23-11-16(15)20(4)12-19(2,3)9-17(20)21/h5-8,10-11H,9,12H2,1-4H3. The number of Topliss-reactive ketones (excluding diaryl/α,β-unsaturated/α-hetero) is 1. The van der Waals surface area contributed by atoms with Crippen molar-refractivity contribution >= 4 is 11.6 Å². The minimum atomic E-state index is -0.647. The highest BCUT2D eigenvalue weighted by molar-refractivity contribution is 6.11. The van der Waals surface area contributed by atoms with Gasteiger partial charge in [0.1, 0.15) is 12.0 Å². The Balaban J connectivity index is 2.02. The number of hydrogen-bond acceptors (Lipinski definition) is 3.